The fourth-order valence-corrected chi connectivity index (χ4v) is 3.78. The smallest absolute Gasteiger partial charge is 0.282 e. The molecule has 6 nitrogen and oxygen atoms in total. The van der Waals surface area contributed by atoms with Crippen molar-refractivity contribution in [2.45, 2.75) is 0 Å². The summed E-state index contributed by atoms with van der Waals surface area (Å²) < 4.78 is 38.4. The highest BCUT2D eigenvalue weighted by Gasteiger charge is 2.40. The second-order valence-corrected chi connectivity index (χ2v) is 7.72. The van der Waals surface area contributed by atoms with Crippen LogP contribution in [0.15, 0.2) is 66.4 Å². The molecule has 0 aromatic heterocycles. The number of fused-ring (bicyclic) bond motifs is 1. The molecule has 1 N–H and O–H groups in total. The summed E-state index contributed by atoms with van der Waals surface area (Å²) in [6, 6.07) is 14.2. The summed E-state index contributed by atoms with van der Waals surface area (Å²) in [4.78, 5) is 27.5. The molecule has 0 saturated heterocycles. The first-order valence-corrected chi connectivity index (χ1v) is 10.3. The number of halogens is 3. The number of carbonyl (C=O) groups excluding carboxylic acids is 2. The molecule has 0 unspecified atom stereocenters. The van der Waals surface area contributed by atoms with Gasteiger partial charge in [-0.2, -0.15) is 0 Å². The average Bonchev–Trinajstić information content (AvgIpc) is 3.05. The van der Waals surface area contributed by atoms with E-state index in [1.807, 2.05) is 0 Å². The van der Waals surface area contributed by atoms with E-state index in [1.54, 1.807) is 42.5 Å². The molecule has 166 valence electrons. The van der Waals surface area contributed by atoms with Gasteiger partial charge in [0.1, 0.15) is 18.9 Å². The molecular formula is C24H15ClF2N2O4. The van der Waals surface area contributed by atoms with Gasteiger partial charge in [-0.05, 0) is 42.0 Å². The Bertz CT molecular complexity index is 1320. The number of rotatable bonds is 4. The number of nitrogens with zero attached hydrogens (tertiary/aromatic N) is 1. The lowest BCUT2D eigenvalue weighted by molar-refractivity contribution is -0.120. The summed E-state index contributed by atoms with van der Waals surface area (Å²) in [7, 11) is 0. The number of amides is 2. The third-order valence-corrected chi connectivity index (χ3v) is 5.44. The summed E-state index contributed by atoms with van der Waals surface area (Å²) in [6.45, 7) is 0.818. The average molecular weight is 469 g/mol. The van der Waals surface area contributed by atoms with Gasteiger partial charge >= 0.3 is 0 Å². The maximum absolute atomic E-state index is 13.9. The molecule has 0 spiro atoms. The van der Waals surface area contributed by atoms with Gasteiger partial charge in [0.05, 0.1) is 11.3 Å². The lowest BCUT2D eigenvalue weighted by Crippen LogP contribution is -2.32. The van der Waals surface area contributed by atoms with E-state index in [9.17, 15) is 18.4 Å². The number of benzene rings is 3. The van der Waals surface area contributed by atoms with Crippen LogP contribution in [0.2, 0.25) is 5.02 Å². The van der Waals surface area contributed by atoms with Crippen LogP contribution in [-0.2, 0) is 9.59 Å². The van der Waals surface area contributed by atoms with Gasteiger partial charge in [-0.3, -0.25) is 9.59 Å². The minimum Gasteiger partial charge on any atom is -0.486 e. The Morgan fingerprint density at radius 3 is 2.27 bits per heavy atom. The van der Waals surface area contributed by atoms with Crippen LogP contribution in [0.3, 0.4) is 0 Å². The van der Waals surface area contributed by atoms with Crippen LogP contribution in [0.5, 0.6) is 11.5 Å². The molecule has 33 heavy (non-hydrogen) atoms. The van der Waals surface area contributed by atoms with Crippen LogP contribution in [0.25, 0.3) is 5.57 Å². The van der Waals surface area contributed by atoms with Crippen molar-refractivity contribution in [2.24, 2.45) is 0 Å². The van der Waals surface area contributed by atoms with Gasteiger partial charge in [0.2, 0.25) is 0 Å². The lowest BCUT2D eigenvalue weighted by Gasteiger charge is -2.19. The Labute approximate surface area is 192 Å². The standard InChI is InChI=1S/C24H15ClF2N2O4/c25-14-3-1-13(2-4-14)21-22(28-15-5-8-19-20(11-15)33-10-9-32-19)24(31)29(23(21)30)16-6-7-17(26)18(27)12-16/h1-8,11-12,28H,9-10H2. The largest absolute Gasteiger partial charge is 0.486 e. The number of anilines is 2. The Hall–Kier alpha value is -3.91. The molecule has 3 aromatic rings. The van der Waals surface area contributed by atoms with Crippen molar-refractivity contribution < 1.29 is 27.8 Å². The molecule has 0 atom stereocenters. The van der Waals surface area contributed by atoms with E-state index >= 15 is 0 Å². The summed E-state index contributed by atoms with van der Waals surface area (Å²) in [6.07, 6.45) is 0. The normalized spacial score (nSPS) is 15.3. The third-order valence-electron chi connectivity index (χ3n) is 5.19. The van der Waals surface area contributed by atoms with E-state index in [4.69, 9.17) is 21.1 Å². The Kier molecular flexibility index (Phi) is 5.22. The van der Waals surface area contributed by atoms with Crippen molar-refractivity contribution in [3.8, 4) is 11.5 Å². The van der Waals surface area contributed by atoms with Crippen molar-refractivity contribution >= 4 is 40.4 Å². The van der Waals surface area contributed by atoms with Gasteiger partial charge < -0.3 is 14.8 Å². The molecule has 2 aliphatic heterocycles. The van der Waals surface area contributed by atoms with Crippen molar-refractivity contribution in [1.82, 2.24) is 0 Å². The molecule has 2 heterocycles. The Morgan fingerprint density at radius 1 is 0.818 bits per heavy atom. The van der Waals surface area contributed by atoms with Gasteiger partial charge in [-0.25, -0.2) is 13.7 Å². The number of ether oxygens (including phenoxy) is 2. The molecular weight excluding hydrogens is 454 g/mol. The first kappa shape index (κ1) is 21.0. The van der Waals surface area contributed by atoms with Gasteiger partial charge in [0, 0.05) is 22.8 Å². The highest BCUT2D eigenvalue weighted by Crippen LogP contribution is 2.37. The first-order chi connectivity index (χ1) is 15.9. The highest BCUT2D eigenvalue weighted by molar-refractivity contribution is 6.46. The highest BCUT2D eigenvalue weighted by atomic mass is 35.5. The van der Waals surface area contributed by atoms with Crippen molar-refractivity contribution in [1.29, 1.82) is 0 Å². The van der Waals surface area contributed by atoms with Gasteiger partial charge in [0.25, 0.3) is 11.8 Å². The van der Waals surface area contributed by atoms with Crippen molar-refractivity contribution in [3.63, 3.8) is 0 Å². The minimum absolute atomic E-state index is 0.0243. The van der Waals surface area contributed by atoms with E-state index in [2.05, 4.69) is 5.32 Å². The monoisotopic (exact) mass is 468 g/mol. The predicted octanol–water partition coefficient (Wildman–Crippen LogP) is 4.79. The van der Waals surface area contributed by atoms with Crippen molar-refractivity contribution in [2.75, 3.05) is 23.4 Å². The van der Waals surface area contributed by atoms with E-state index in [0.717, 1.165) is 17.0 Å². The fourth-order valence-electron chi connectivity index (χ4n) is 3.65. The SMILES string of the molecule is O=C1C(Nc2ccc3c(c2)OCCO3)=C(c2ccc(Cl)cc2)C(=O)N1c1ccc(F)c(F)c1. The molecule has 3 aromatic carbocycles. The van der Waals surface area contributed by atoms with Crippen molar-refractivity contribution in [3.05, 3.63) is 88.6 Å². The summed E-state index contributed by atoms with van der Waals surface area (Å²) in [5, 5.41) is 3.44. The molecule has 2 amide bonds. The summed E-state index contributed by atoms with van der Waals surface area (Å²) >= 11 is 5.98. The quantitative estimate of drug-likeness (QED) is 0.558. The number of hydrogen-bond acceptors (Lipinski definition) is 5. The minimum atomic E-state index is -1.17. The Morgan fingerprint density at radius 2 is 1.55 bits per heavy atom. The lowest BCUT2D eigenvalue weighted by atomic mass is 10.0. The molecule has 0 saturated carbocycles. The zero-order valence-electron chi connectivity index (χ0n) is 16.9. The fraction of sp³-hybridized carbons (Fsp3) is 0.0833. The number of carbonyl (C=O) groups is 2. The molecule has 0 aliphatic carbocycles. The van der Waals surface area contributed by atoms with Gasteiger partial charge in [0.15, 0.2) is 23.1 Å². The van der Waals surface area contributed by atoms with E-state index < -0.39 is 23.4 Å². The Balaban J connectivity index is 1.58. The van der Waals surface area contributed by atoms with Crippen LogP contribution in [-0.4, -0.2) is 25.0 Å². The van der Waals surface area contributed by atoms with Crippen LogP contribution >= 0.6 is 11.6 Å². The number of nitrogens with one attached hydrogen (secondary N) is 1. The van der Waals surface area contributed by atoms with E-state index in [0.29, 0.717) is 41.0 Å². The van der Waals surface area contributed by atoms with Crippen LogP contribution < -0.4 is 19.7 Å². The zero-order valence-corrected chi connectivity index (χ0v) is 17.7. The maximum atomic E-state index is 13.9. The molecule has 2 aliphatic rings. The second-order valence-electron chi connectivity index (χ2n) is 7.28. The molecule has 0 radical (unpaired) electrons. The van der Waals surface area contributed by atoms with Gasteiger partial charge in [-0.15, -0.1) is 0 Å². The first-order valence-electron chi connectivity index (χ1n) is 9.93. The predicted molar refractivity (Wildman–Crippen MR) is 118 cm³/mol. The number of hydrogen-bond donors (Lipinski definition) is 1. The second kappa shape index (κ2) is 8.22. The zero-order chi connectivity index (χ0) is 23.1. The van der Waals surface area contributed by atoms with E-state index in [-0.39, 0.29) is 17.0 Å². The number of imide groups is 1. The van der Waals surface area contributed by atoms with Gasteiger partial charge in [-0.1, -0.05) is 23.7 Å². The topological polar surface area (TPSA) is 67.9 Å². The molecule has 0 bridgehead atoms. The summed E-state index contributed by atoms with van der Waals surface area (Å²) in [5.74, 6) is -2.60. The molecule has 0 fully saturated rings. The molecule has 5 rings (SSSR count). The molecule has 9 heteroatoms. The van der Waals surface area contributed by atoms with Crippen LogP contribution in [0.1, 0.15) is 5.56 Å². The third kappa shape index (κ3) is 3.78. The van der Waals surface area contributed by atoms with Crippen LogP contribution in [0, 0.1) is 11.6 Å². The van der Waals surface area contributed by atoms with E-state index in [1.165, 1.54) is 6.07 Å². The van der Waals surface area contributed by atoms with Crippen LogP contribution in [0.4, 0.5) is 20.2 Å². The maximum Gasteiger partial charge on any atom is 0.282 e. The summed E-state index contributed by atoms with van der Waals surface area (Å²) in [5.41, 5.74) is 0.867.